The first-order valence-corrected chi connectivity index (χ1v) is 8.14. The molecule has 1 N–H and O–H groups in total. The molecule has 0 saturated heterocycles. The van der Waals surface area contributed by atoms with Crippen molar-refractivity contribution in [3.05, 3.63) is 65.7 Å². The molecule has 0 spiro atoms. The van der Waals surface area contributed by atoms with Crippen molar-refractivity contribution in [1.82, 2.24) is 0 Å². The zero-order valence-corrected chi connectivity index (χ0v) is 13.3. The average Bonchev–Trinajstić information content (AvgIpc) is 3.36. The lowest BCUT2D eigenvalue weighted by molar-refractivity contribution is -0.117. The van der Waals surface area contributed by atoms with Crippen molar-refractivity contribution in [3.8, 4) is 0 Å². The number of amides is 1. The number of carbonyl (C=O) groups is 1. The lowest BCUT2D eigenvalue weighted by Crippen LogP contribution is -2.14. The van der Waals surface area contributed by atoms with Gasteiger partial charge in [-0.3, -0.25) is 4.79 Å². The second kappa shape index (κ2) is 6.35. The summed E-state index contributed by atoms with van der Waals surface area (Å²) < 4.78 is 0. The molecule has 3 rings (SSSR count). The Kier molecular flexibility index (Phi) is 4.28. The predicted molar refractivity (Wildman–Crippen MR) is 91.1 cm³/mol. The molecule has 0 radical (unpaired) electrons. The molecule has 1 fully saturated rings. The van der Waals surface area contributed by atoms with Crippen molar-refractivity contribution >= 4 is 11.6 Å². The molecule has 0 aromatic heterocycles. The Morgan fingerprint density at radius 1 is 1.14 bits per heavy atom. The first-order valence-electron chi connectivity index (χ1n) is 8.14. The van der Waals surface area contributed by atoms with Crippen LogP contribution in [0.1, 0.15) is 49.7 Å². The Labute approximate surface area is 132 Å². The van der Waals surface area contributed by atoms with E-state index in [1.165, 1.54) is 11.1 Å². The summed E-state index contributed by atoms with van der Waals surface area (Å²) in [5, 5.41) is 3.05. The monoisotopic (exact) mass is 293 g/mol. The number of benzene rings is 2. The molecule has 2 nitrogen and oxygen atoms in total. The van der Waals surface area contributed by atoms with Gasteiger partial charge in [0.2, 0.25) is 5.91 Å². The molecule has 2 aromatic carbocycles. The highest BCUT2D eigenvalue weighted by molar-refractivity contribution is 5.95. The van der Waals surface area contributed by atoms with Crippen LogP contribution in [-0.4, -0.2) is 5.91 Å². The molecule has 114 valence electrons. The van der Waals surface area contributed by atoms with E-state index in [1.54, 1.807) is 0 Å². The van der Waals surface area contributed by atoms with Crippen molar-refractivity contribution in [2.45, 2.75) is 38.5 Å². The van der Waals surface area contributed by atoms with Gasteiger partial charge in [-0.15, -0.1) is 0 Å². The van der Waals surface area contributed by atoms with E-state index in [4.69, 9.17) is 0 Å². The van der Waals surface area contributed by atoms with Gasteiger partial charge >= 0.3 is 0 Å². The van der Waals surface area contributed by atoms with Crippen LogP contribution in [0.5, 0.6) is 0 Å². The summed E-state index contributed by atoms with van der Waals surface area (Å²) in [5.74, 6) is 1.22. The minimum atomic E-state index is 0.122. The minimum absolute atomic E-state index is 0.122. The maximum atomic E-state index is 12.3. The fourth-order valence-electron chi connectivity index (χ4n) is 2.92. The molecule has 1 amide bonds. The van der Waals surface area contributed by atoms with Gasteiger partial charge in [0.25, 0.3) is 0 Å². The third-order valence-electron chi connectivity index (χ3n) is 4.71. The van der Waals surface area contributed by atoms with Crippen LogP contribution in [0, 0.1) is 5.92 Å². The molecular formula is C20H23NO. The van der Waals surface area contributed by atoms with Gasteiger partial charge in [0.1, 0.15) is 0 Å². The van der Waals surface area contributed by atoms with E-state index in [1.807, 2.05) is 30.3 Å². The van der Waals surface area contributed by atoms with Crippen LogP contribution in [-0.2, 0) is 4.79 Å². The van der Waals surface area contributed by atoms with Crippen molar-refractivity contribution in [3.63, 3.8) is 0 Å². The summed E-state index contributed by atoms with van der Waals surface area (Å²) in [6.45, 7) is 4.42. The van der Waals surface area contributed by atoms with E-state index >= 15 is 0 Å². The molecule has 3 atom stereocenters. The number of hydrogen-bond acceptors (Lipinski definition) is 1. The van der Waals surface area contributed by atoms with Gasteiger partial charge in [-0.05, 0) is 47.9 Å². The normalized spacial score (nSPS) is 21.2. The highest BCUT2D eigenvalue weighted by Crippen LogP contribution is 2.47. The molecule has 2 aromatic rings. The van der Waals surface area contributed by atoms with Gasteiger partial charge in [-0.25, -0.2) is 0 Å². The number of anilines is 1. The van der Waals surface area contributed by atoms with Crippen LogP contribution in [0.4, 0.5) is 5.69 Å². The predicted octanol–water partition coefficient (Wildman–Crippen LogP) is 4.94. The van der Waals surface area contributed by atoms with Crippen LogP contribution in [0.25, 0.3) is 0 Å². The lowest BCUT2D eigenvalue weighted by atomic mass is 9.98. The van der Waals surface area contributed by atoms with Crippen LogP contribution in [0.3, 0.4) is 0 Å². The Bertz CT molecular complexity index is 633. The summed E-state index contributed by atoms with van der Waals surface area (Å²) in [6.07, 6.45) is 2.09. The van der Waals surface area contributed by atoms with Gasteiger partial charge < -0.3 is 5.32 Å². The smallest absolute Gasteiger partial charge is 0.228 e. The van der Waals surface area contributed by atoms with Crippen molar-refractivity contribution in [2.75, 3.05) is 5.32 Å². The van der Waals surface area contributed by atoms with Crippen LogP contribution in [0.15, 0.2) is 54.6 Å². The zero-order chi connectivity index (χ0) is 15.5. The Balaban J connectivity index is 1.59. The molecule has 0 heterocycles. The maximum Gasteiger partial charge on any atom is 0.228 e. The molecule has 1 aliphatic carbocycles. The molecule has 0 unspecified atom stereocenters. The maximum absolute atomic E-state index is 12.3. The van der Waals surface area contributed by atoms with E-state index in [2.05, 4.69) is 43.4 Å². The summed E-state index contributed by atoms with van der Waals surface area (Å²) in [6, 6.07) is 18.6. The Morgan fingerprint density at radius 2 is 1.82 bits per heavy atom. The number of rotatable bonds is 5. The third kappa shape index (κ3) is 3.22. The lowest BCUT2D eigenvalue weighted by Gasteiger charge is -2.10. The Hall–Kier alpha value is -2.09. The molecule has 1 saturated carbocycles. The minimum Gasteiger partial charge on any atom is -0.326 e. The molecule has 0 aliphatic heterocycles. The van der Waals surface area contributed by atoms with E-state index in [-0.39, 0.29) is 11.8 Å². The standard InChI is InChI=1S/C20H23NO/c1-3-14(2)15-9-11-17(12-10-15)21-20(22)19-13-18(19)16-7-5-4-6-8-16/h4-12,14,18-19H,3,13H2,1-2H3,(H,21,22)/t14-,18+,19+/m0/s1. The summed E-state index contributed by atoms with van der Waals surface area (Å²) >= 11 is 0. The Morgan fingerprint density at radius 3 is 2.45 bits per heavy atom. The summed E-state index contributed by atoms with van der Waals surface area (Å²) in [4.78, 5) is 12.3. The van der Waals surface area contributed by atoms with Gasteiger partial charge in [0.05, 0.1) is 0 Å². The van der Waals surface area contributed by atoms with Gasteiger partial charge in [-0.1, -0.05) is 56.3 Å². The summed E-state index contributed by atoms with van der Waals surface area (Å²) in [7, 11) is 0. The number of carbonyl (C=O) groups excluding carboxylic acids is 1. The highest BCUT2D eigenvalue weighted by atomic mass is 16.2. The number of hydrogen-bond donors (Lipinski definition) is 1. The van der Waals surface area contributed by atoms with Gasteiger partial charge in [0, 0.05) is 11.6 Å². The van der Waals surface area contributed by atoms with Crippen molar-refractivity contribution in [1.29, 1.82) is 0 Å². The van der Waals surface area contributed by atoms with E-state index < -0.39 is 0 Å². The third-order valence-corrected chi connectivity index (χ3v) is 4.71. The SMILES string of the molecule is CC[C@H](C)c1ccc(NC(=O)[C@@H]2C[C@@H]2c2ccccc2)cc1. The quantitative estimate of drug-likeness (QED) is 0.831. The van der Waals surface area contributed by atoms with Crippen molar-refractivity contribution < 1.29 is 4.79 Å². The van der Waals surface area contributed by atoms with Gasteiger partial charge in [-0.2, -0.15) is 0 Å². The topological polar surface area (TPSA) is 29.1 Å². The van der Waals surface area contributed by atoms with E-state index in [0.29, 0.717) is 11.8 Å². The average molecular weight is 293 g/mol. The van der Waals surface area contributed by atoms with E-state index in [0.717, 1.165) is 18.5 Å². The van der Waals surface area contributed by atoms with Crippen LogP contribution in [0.2, 0.25) is 0 Å². The van der Waals surface area contributed by atoms with E-state index in [9.17, 15) is 4.79 Å². The van der Waals surface area contributed by atoms with Crippen molar-refractivity contribution in [2.24, 2.45) is 5.92 Å². The molecular weight excluding hydrogens is 270 g/mol. The molecule has 2 heteroatoms. The highest BCUT2D eigenvalue weighted by Gasteiger charge is 2.43. The van der Waals surface area contributed by atoms with Crippen LogP contribution < -0.4 is 5.32 Å². The van der Waals surface area contributed by atoms with Gasteiger partial charge in [0.15, 0.2) is 0 Å². The number of nitrogens with one attached hydrogen (secondary N) is 1. The fourth-order valence-corrected chi connectivity index (χ4v) is 2.92. The second-order valence-corrected chi connectivity index (χ2v) is 6.28. The fraction of sp³-hybridized carbons (Fsp3) is 0.350. The zero-order valence-electron chi connectivity index (χ0n) is 13.3. The molecule has 22 heavy (non-hydrogen) atoms. The molecule has 1 aliphatic rings. The van der Waals surface area contributed by atoms with Crippen LogP contribution >= 0.6 is 0 Å². The largest absolute Gasteiger partial charge is 0.326 e. The first-order chi connectivity index (χ1) is 10.7. The molecule has 0 bridgehead atoms. The summed E-state index contributed by atoms with van der Waals surface area (Å²) in [5.41, 5.74) is 3.50. The first kappa shape index (κ1) is 14.8. The second-order valence-electron chi connectivity index (χ2n) is 6.28.